The number of rotatable bonds is 5. The summed E-state index contributed by atoms with van der Waals surface area (Å²) in [5, 5.41) is 8.68. The summed E-state index contributed by atoms with van der Waals surface area (Å²) in [6.45, 7) is 1.18. The van der Waals surface area contributed by atoms with E-state index in [1.807, 2.05) is 6.07 Å². The molecule has 0 unspecified atom stereocenters. The Morgan fingerprint density at radius 2 is 1.82 bits per heavy atom. The van der Waals surface area contributed by atoms with Crippen LogP contribution in [0.4, 0.5) is 0 Å². The molecular formula is C17H13NO4. The van der Waals surface area contributed by atoms with Crippen LogP contribution in [-0.4, -0.2) is 18.4 Å². The van der Waals surface area contributed by atoms with Crippen LogP contribution in [0.2, 0.25) is 0 Å². The molecule has 0 amide bonds. The molecule has 0 N–H and O–H groups in total. The van der Waals surface area contributed by atoms with Gasteiger partial charge in [-0.15, -0.1) is 0 Å². The van der Waals surface area contributed by atoms with E-state index in [2.05, 4.69) is 0 Å². The Kier molecular flexibility index (Phi) is 4.89. The molecule has 0 saturated carbocycles. The summed E-state index contributed by atoms with van der Waals surface area (Å²) in [6, 6.07) is 14.7. The second kappa shape index (κ2) is 7.04. The number of carbonyl (C=O) groups excluding carboxylic acids is 2. The Balaban J connectivity index is 1.91. The zero-order chi connectivity index (χ0) is 15.9. The van der Waals surface area contributed by atoms with Gasteiger partial charge in [-0.1, -0.05) is 12.1 Å². The zero-order valence-electron chi connectivity index (χ0n) is 11.9. The molecule has 0 atom stereocenters. The second-order valence-electron chi connectivity index (χ2n) is 4.48. The third kappa shape index (κ3) is 4.18. The molecule has 0 aliphatic rings. The zero-order valence-corrected chi connectivity index (χ0v) is 11.9. The van der Waals surface area contributed by atoms with Gasteiger partial charge in [0.15, 0.2) is 12.4 Å². The first-order valence-corrected chi connectivity index (χ1v) is 6.53. The molecule has 2 aromatic carbocycles. The predicted octanol–water partition coefficient (Wildman–Crippen LogP) is 2.75. The van der Waals surface area contributed by atoms with Crippen LogP contribution < -0.4 is 9.47 Å². The summed E-state index contributed by atoms with van der Waals surface area (Å²) in [4.78, 5) is 22.9. The van der Waals surface area contributed by atoms with Crippen LogP contribution in [0.25, 0.3) is 0 Å². The van der Waals surface area contributed by atoms with Gasteiger partial charge < -0.3 is 9.47 Å². The van der Waals surface area contributed by atoms with Crippen LogP contribution in [0.1, 0.15) is 22.8 Å². The maximum atomic E-state index is 11.7. The summed E-state index contributed by atoms with van der Waals surface area (Å²) >= 11 is 0. The first-order valence-electron chi connectivity index (χ1n) is 6.53. The summed E-state index contributed by atoms with van der Waals surface area (Å²) in [7, 11) is 0. The molecule has 0 aliphatic carbocycles. The Morgan fingerprint density at radius 1 is 1.09 bits per heavy atom. The fraction of sp³-hybridized carbons (Fsp3) is 0.118. The summed E-state index contributed by atoms with van der Waals surface area (Å²) in [5.41, 5.74) is 0.995. The predicted molar refractivity (Wildman–Crippen MR) is 78.7 cm³/mol. The van der Waals surface area contributed by atoms with Crippen molar-refractivity contribution in [2.24, 2.45) is 0 Å². The third-order valence-electron chi connectivity index (χ3n) is 2.81. The van der Waals surface area contributed by atoms with Gasteiger partial charge in [-0.3, -0.25) is 4.79 Å². The normalized spacial score (nSPS) is 9.64. The van der Waals surface area contributed by atoms with E-state index in [4.69, 9.17) is 14.7 Å². The lowest BCUT2D eigenvalue weighted by Crippen LogP contribution is -2.17. The van der Waals surface area contributed by atoms with E-state index in [1.54, 1.807) is 36.4 Å². The van der Waals surface area contributed by atoms with Crippen molar-refractivity contribution < 1.29 is 19.1 Å². The average Bonchev–Trinajstić information content (AvgIpc) is 2.54. The van der Waals surface area contributed by atoms with E-state index < -0.39 is 5.97 Å². The van der Waals surface area contributed by atoms with Gasteiger partial charge in [-0.2, -0.15) is 5.26 Å². The van der Waals surface area contributed by atoms with E-state index in [-0.39, 0.29) is 12.4 Å². The molecule has 110 valence electrons. The number of benzene rings is 2. The number of carbonyl (C=O) groups is 2. The highest BCUT2D eigenvalue weighted by molar-refractivity contribution is 5.94. The molecule has 0 bridgehead atoms. The summed E-state index contributed by atoms with van der Waals surface area (Å²) < 4.78 is 10.4. The number of Topliss-reactive ketones (excluding diaryl/α,β-unsaturated/α-hetero) is 1. The van der Waals surface area contributed by atoms with Crippen molar-refractivity contribution in [2.75, 3.05) is 6.61 Å². The minimum absolute atomic E-state index is 0.0781. The largest absolute Gasteiger partial charge is 0.482 e. The molecular weight excluding hydrogens is 282 g/mol. The average molecular weight is 295 g/mol. The second-order valence-corrected chi connectivity index (χ2v) is 4.48. The van der Waals surface area contributed by atoms with Gasteiger partial charge in [-0.05, 0) is 43.3 Å². The first kappa shape index (κ1) is 15.3. The van der Waals surface area contributed by atoms with Crippen LogP contribution >= 0.6 is 0 Å². The van der Waals surface area contributed by atoms with Gasteiger partial charge in [-0.25, -0.2) is 4.79 Å². The number of hydrogen-bond donors (Lipinski definition) is 0. The van der Waals surface area contributed by atoms with Crippen LogP contribution in [0.3, 0.4) is 0 Å². The van der Waals surface area contributed by atoms with Crippen molar-refractivity contribution in [3.63, 3.8) is 0 Å². The van der Waals surface area contributed by atoms with E-state index in [0.717, 1.165) is 0 Å². The van der Waals surface area contributed by atoms with Crippen molar-refractivity contribution in [1.29, 1.82) is 5.26 Å². The molecule has 22 heavy (non-hydrogen) atoms. The third-order valence-corrected chi connectivity index (χ3v) is 2.81. The topological polar surface area (TPSA) is 76.4 Å². The van der Waals surface area contributed by atoms with Crippen molar-refractivity contribution >= 4 is 11.8 Å². The van der Waals surface area contributed by atoms with E-state index >= 15 is 0 Å². The monoisotopic (exact) mass is 295 g/mol. The molecule has 5 heteroatoms. The maximum absolute atomic E-state index is 11.7. The van der Waals surface area contributed by atoms with Gasteiger partial charge in [0.1, 0.15) is 11.5 Å². The number of nitriles is 1. The Labute approximate surface area is 127 Å². The number of hydrogen-bond acceptors (Lipinski definition) is 5. The molecule has 0 aromatic heterocycles. The van der Waals surface area contributed by atoms with Crippen molar-refractivity contribution in [3.8, 4) is 17.6 Å². The number of ether oxygens (including phenoxy) is 2. The molecule has 0 aliphatic heterocycles. The van der Waals surface area contributed by atoms with Crippen molar-refractivity contribution in [3.05, 3.63) is 59.7 Å². The SMILES string of the molecule is CC(=O)c1cccc(OCC(=O)Oc2ccc(C#N)cc2)c1. The molecule has 0 heterocycles. The Morgan fingerprint density at radius 3 is 2.45 bits per heavy atom. The number of nitrogens with zero attached hydrogens (tertiary/aromatic N) is 1. The van der Waals surface area contributed by atoms with Gasteiger partial charge in [0.2, 0.25) is 0 Å². The van der Waals surface area contributed by atoms with E-state index in [0.29, 0.717) is 22.6 Å². The van der Waals surface area contributed by atoms with E-state index in [9.17, 15) is 9.59 Å². The summed E-state index contributed by atoms with van der Waals surface area (Å²) in [5.74, 6) is 0.109. The Bertz CT molecular complexity index is 729. The fourth-order valence-corrected chi connectivity index (χ4v) is 1.71. The standard InChI is InChI=1S/C17H13NO4/c1-12(19)14-3-2-4-16(9-14)21-11-17(20)22-15-7-5-13(10-18)6-8-15/h2-9H,11H2,1H3. The minimum atomic E-state index is -0.571. The number of esters is 1. The van der Waals surface area contributed by atoms with Gasteiger partial charge in [0.25, 0.3) is 0 Å². The molecule has 0 saturated heterocycles. The molecule has 0 fully saturated rings. The van der Waals surface area contributed by atoms with Gasteiger partial charge in [0.05, 0.1) is 11.6 Å². The van der Waals surface area contributed by atoms with Gasteiger partial charge >= 0.3 is 5.97 Å². The molecule has 5 nitrogen and oxygen atoms in total. The highest BCUT2D eigenvalue weighted by Gasteiger charge is 2.07. The molecule has 0 spiro atoms. The smallest absolute Gasteiger partial charge is 0.349 e. The molecule has 2 rings (SSSR count). The fourth-order valence-electron chi connectivity index (χ4n) is 1.71. The lowest BCUT2D eigenvalue weighted by molar-refractivity contribution is -0.136. The minimum Gasteiger partial charge on any atom is -0.482 e. The first-order chi connectivity index (χ1) is 10.6. The number of ketones is 1. The van der Waals surface area contributed by atoms with Crippen LogP contribution in [0, 0.1) is 11.3 Å². The van der Waals surface area contributed by atoms with Crippen molar-refractivity contribution in [2.45, 2.75) is 6.92 Å². The lowest BCUT2D eigenvalue weighted by Gasteiger charge is -2.07. The highest BCUT2D eigenvalue weighted by Crippen LogP contribution is 2.15. The van der Waals surface area contributed by atoms with Gasteiger partial charge in [0, 0.05) is 5.56 Å². The van der Waals surface area contributed by atoms with Crippen molar-refractivity contribution in [1.82, 2.24) is 0 Å². The maximum Gasteiger partial charge on any atom is 0.349 e. The van der Waals surface area contributed by atoms with Crippen LogP contribution in [0.5, 0.6) is 11.5 Å². The Hall–Kier alpha value is -3.13. The van der Waals surface area contributed by atoms with Crippen LogP contribution in [0.15, 0.2) is 48.5 Å². The van der Waals surface area contributed by atoms with E-state index in [1.165, 1.54) is 19.1 Å². The molecule has 0 radical (unpaired) electrons. The lowest BCUT2D eigenvalue weighted by atomic mass is 10.1. The van der Waals surface area contributed by atoms with Crippen LogP contribution in [-0.2, 0) is 4.79 Å². The highest BCUT2D eigenvalue weighted by atomic mass is 16.6. The quantitative estimate of drug-likeness (QED) is 0.481. The molecule has 2 aromatic rings. The summed E-state index contributed by atoms with van der Waals surface area (Å²) in [6.07, 6.45) is 0.